The highest BCUT2D eigenvalue weighted by Gasteiger charge is 2.00. The predicted molar refractivity (Wildman–Crippen MR) is 31.7 cm³/mol. The number of nitrogens with one attached hydrogen (secondary N) is 4. The lowest BCUT2D eigenvalue weighted by atomic mass is 10.6. The summed E-state index contributed by atoms with van der Waals surface area (Å²) in [6.45, 7) is 0. The van der Waals surface area contributed by atoms with E-state index in [1.54, 1.807) is 0 Å². The summed E-state index contributed by atoms with van der Waals surface area (Å²) in [6.07, 6.45) is 0. The van der Waals surface area contributed by atoms with Crippen molar-refractivity contribution in [2.24, 2.45) is 0 Å². The second-order valence-corrected chi connectivity index (χ2v) is 1.91. The monoisotopic (exact) mass is 140 g/mol. The summed E-state index contributed by atoms with van der Waals surface area (Å²) in [7, 11) is 0. The van der Waals surface area contributed by atoms with Crippen LogP contribution in [0.2, 0.25) is 0 Å². The van der Waals surface area contributed by atoms with Crippen LogP contribution in [0.1, 0.15) is 0 Å². The minimum absolute atomic E-state index is 0.255. The van der Waals surface area contributed by atoms with Crippen LogP contribution >= 0.6 is 0 Å². The van der Waals surface area contributed by atoms with Crippen molar-refractivity contribution in [1.29, 1.82) is 0 Å². The van der Waals surface area contributed by atoms with E-state index >= 15 is 0 Å². The molecule has 0 bridgehead atoms. The first-order valence-corrected chi connectivity index (χ1v) is 2.66. The first-order chi connectivity index (χ1) is 4.79. The molecule has 0 aromatic carbocycles. The van der Waals surface area contributed by atoms with Crippen LogP contribution in [0.5, 0.6) is 0 Å². The number of hydrogen-bond donors (Lipinski definition) is 4. The van der Waals surface area contributed by atoms with Crippen LogP contribution < -0.4 is 11.1 Å². The quantitative estimate of drug-likeness (QED) is 0.356. The summed E-state index contributed by atoms with van der Waals surface area (Å²) in [5, 5.41) is 7.91. The van der Waals surface area contributed by atoms with Gasteiger partial charge in [0.1, 0.15) is 0 Å². The van der Waals surface area contributed by atoms with Gasteiger partial charge in [0.25, 0.3) is 11.1 Å². The molecule has 6 nitrogen and oxygen atoms in total. The van der Waals surface area contributed by atoms with Crippen LogP contribution in [-0.2, 0) is 0 Å². The van der Waals surface area contributed by atoms with Gasteiger partial charge < -0.3 is 0 Å². The molecule has 0 aliphatic carbocycles. The first kappa shape index (κ1) is 5.10. The van der Waals surface area contributed by atoms with Crippen molar-refractivity contribution in [2.75, 3.05) is 0 Å². The molecule has 0 saturated carbocycles. The van der Waals surface area contributed by atoms with Crippen molar-refractivity contribution in [3.8, 4) is 0 Å². The summed E-state index contributed by atoms with van der Waals surface area (Å²) in [4.78, 5) is 23.6. The molecule has 0 atom stereocenters. The summed E-state index contributed by atoms with van der Waals surface area (Å²) < 4.78 is 0. The van der Waals surface area contributed by atoms with Gasteiger partial charge >= 0.3 is 0 Å². The van der Waals surface area contributed by atoms with Gasteiger partial charge in [-0.1, -0.05) is 0 Å². The van der Waals surface area contributed by atoms with Crippen molar-refractivity contribution >= 4 is 0 Å². The van der Waals surface area contributed by atoms with Gasteiger partial charge in [0, 0.05) is 0 Å². The van der Waals surface area contributed by atoms with Crippen LogP contribution in [0.3, 0.4) is 0 Å². The van der Waals surface area contributed by atoms with Crippen molar-refractivity contribution in [3.63, 3.8) is 0 Å². The van der Waals surface area contributed by atoms with Crippen LogP contribution in [0, 0.1) is 10.7 Å². The largest absolute Gasteiger partial charge is 0.285 e. The zero-order valence-corrected chi connectivity index (χ0v) is 4.82. The summed E-state index contributed by atoms with van der Waals surface area (Å²) in [6, 6.07) is 0. The summed E-state index contributed by atoms with van der Waals surface area (Å²) in [5.74, 6) is 0. The Morgan fingerprint density at radius 1 is 0.900 bits per heavy atom. The van der Waals surface area contributed by atoms with Gasteiger partial charge in [-0.3, -0.25) is 24.8 Å². The molecule has 2 aliphatic heterocycles. The predicted octanol–water partition coefficient (Wildman–Crippen LogP) is -1.56. The van der Waals surface area contributed by atoms with Crippen molar-refractivity contribution in [2.45, 2.75) is 0 Å². The van der Waals surface area contributed by atoms with Crippen LogP contribution in [0.15, 0.2) is 9.59 Å². The number of hydrogen-bond acceptors (Lipinski definition) is 2. The molecule has 2 aliphatic rings. The van der Waals surface area contributed by atoms with E-state index in [0.717, 1.165) is 0 Å². The summed E-state index contributed by atoms with van der Waals surface area (Å²) in [5.41, 5.74) is -0.810. The lowest BCUT2D eigenvalue weighted by Crippen LogP contribution is -2.09. The summed E-state index contributed by atoms with van der Waals surface area (Å²) >= 11 is 0. The maximum atomic E-state index is 10.7. The van der Waals surface area contributed by atoms with Gasteiger partial charge in [-0.15, -0.1) is 0 Å². The van der Waals surface area contributed by atoms with Crippen LogP contribution in [0.4, 0.5) is 0 Å². The Bertz CT molecular complexity index is 454. The standard InChI is InChI=1S/C4H4N4O2/c9-3-1-2(4(10)5-3)7-8-6-1/h6-8H,(H,5,9,10). The Kier molecular flexibility index (Phi) is 0.717. The Balaban J connectivity index is 3.40. The Hall–Kier alpha value is -1.72. The minimum atomic E-state index is -0.405. The van der Waals surface area contributed by atoms with E-state index in [-0.39, 0.29) is 10.7 Å². The van der Waals surface area contributed by atoms with E-state index in [1.807, 2.05) is 0 Å². The van der Waals surface area contributed by atoms with Gasteiger partial charge in [0.15, 0.2) is 10.7 Å². The van der Waals surface area contributed by atoms with Gasteiger partial charge in [-0.2, -0.15) is 0 Å². The fourth-order valence-corrected chi connectivity index (χ4v) is 0.850. The second-order valence-electron chi connectivity index (χ2n) is 1.91. The van der Waals surface area contributed by atoms with Crippen LogP contribution in [0.25, 0.3) is 0 Å². The second kappa shape index (κ2) is 1.41. The zero-order chi connectivity index (χ0) is 7.14. The highest BCUT2D eigenvalue weighted by molar-refractivity contribution is 4.92. The molecule has 52 valence electrons. The maximum Gasteiger partial charge on any atom is 0.278 e. The van der Waals surface area contributed by atoms with Gasteiger partial charge in [0.05, 0.1) is 0 Å². The first-order valence-electron chi connectivity index (χ1n) is 2.66. The molecule has 0 fully saturated rings. The average Bonchev–Trinajstić information content (AvgIpc) is 2.39. The zero-order valence-electron chi connectivity index (χ0n) is 4.82. The third kappa shape index (κ3) is 0.426. The third-order valence-corrected chi connectivity index (χ3v) is 1.31. The molecule has 0 unspecified atom stereocenters. The molecule has 2 heterocycles. The van der Waals surface area contributed by atoms with Crippen molar-refractivity contribution in [3.05, 3.63) is 31.4 Å². The van der Waals surface area contributed by atoms with Crippen molar-refractivity contribution < 1.29 is 0 Å². The lowest BCUT2D eigenvalue weighted by Gasteiger charge is -1.67. The SMILES string of the molecule is O=c1[nH]c(=O)c2[nH][nH][nH]c1=2. The highest BCUT2D eigenvalue weighted by Crippen LogP contribution is 1.71. The molecule has 2 rings (SSSR count). The fourth-order valence-electron chi connectivity index (χ4n) is 0.850. The molecule has 0 radical (unpaired) electrons. The molecule has 0 saturated heterocycles. The number of aromatic nitrogens is 4. The smallest absolute Gasteiger partial charge is 0.278 e. The van der Waals surface area contributed by atoms with Gasteiger partial charge in [-0.25, -0.2) is 5.21 Å². The molecule has 10 heavy (non-hydrogen) atoms. The van der Waals surface area contributed by atoms with Gasteiger partial charge in [-0.05, 0) is 0 Å². The van der Waals surface area contributed by atoms with Crippen LogP contribution in [-0.4, -0.2) is 20.4 Å². The Labute approximate surface area is 52.9 Å². The molecular formula is C4H4N4O2. The fraction of sp³-hybridized carbons (Fsp3) is 0. The minimum Gasteiger partial charge on any atom is -0.285 e. The van der Waals surface area contributed by atoms with E-state index in [2.05, 4.69) is 20.4 Å². The molecule has 0 aromatic heterocycles. The Morgan fingerprint density at radius 3 is 1.90 bits per heavy atom. The number of rotatable bonds is 0. The van der Waals surface area contributed by atoms with Crippen molar-refractivity contribution in [1.82, 2.24) is 20.4 Å². The van der Waals surface area contributed by atoms with E-state index in [4.69, 9.17) is 0 Å². The maximum absolute atomic E-state index is 10.7. The van der Waals surface area contributed by atoms with E-state index in [9.17, 15) is 9.59 Å². The molecule has 0 spiro atoms. The van der Waals surface area contributed by atoms with Gasteiger partial charge in [0.2, 0.25) is 0 Å². The highest BCUT2D eigenvalue weighted by atomic mass is 16.2. The van der Waals surface area contributed by atoms with E-state index < -0.39 is 11.1 Å². The molecule has 6 heteroatoms. The molecule has 0 aromatic rings. The van der Waals surface area contributed by atoms with E-state index in [1.165, 1.54) is 0 Å². The number of aromatic amines is 4. The number of H-pyrrole nitrogens is 4. The Morgan fingerprint density at radius 2 is 1.40 bits per heavy atom. The molecule has 4 N–H and O–H groups in total. The molecular weight excluding hydrogens is 136 g/mol. The topological polar surface area (TPSA) is 97.3 Å². The molecule has 0 amide bonds. The normalized spacial score (nSPS) is 10.8. The third-order valence-electron chi connectivity index (χ3n) is 1.31. The average molecular weight is 140 g/mol. The lowest BCUT2D eigenvalue weighted by molar-refractivity contribution is 0.899. The van der Waals surface area contributed by atoms with E-state index in [0.29, 0.717) is 0 Å².